The van der Waals surface area contributed by atoms with Crippen LogP contribution in [0, 0.1) is 11.5 Å². The maximum absolute atomic E-state index is 12.2. The van der Waals surface area contributed by atoms with Gasteiger partial charge in [0.2, 0.25) is 6.19 Å². The summed E-state index contributed by atoms with van der Waals surface area (Å²) in [6.07, 6.45) is -2.70. The molecular weight excluding hydrogens is 696 g/mol. The van der Waals surface area contributed by atoms with Crippen LogP contribution in [0.3, 0.4) is 0 Å². The van der Waals surface area contributed by atoms with Gasteiger partial charge in [-0.05, 0) is 47.4 Å². The van der Waals surface area contributed by atoms with Gasteiger partial charge in [-0.2, -0.15) is 67.2 Å². The number of alkyl halides is 10. The van der Waals surface area contributed by atoms with Gasteiger partial charge in [0.15, 0.2) is 0 Å². The van der Waals surface area contributed by atoms with Crippen molar-refractivity contribution in [3.8, 4) is 6.19 Å². The Hall–Kier alpha value is -1.55. The molecule has 0 saturated carbocycles. The van der Waals surface area contributed by atoms with Gasteiger partial charge in [0.25, 0.3) is 0 Å². The Bertz CT molecular complexity index is 1280. The molecule has 5 nitrogen and oxygen atoms in total. The average Bonchev–Trinajstić information content (AvgIpc) is 2.94. The number of halogens is 10. The van der Waals surface area contributed by atoms with Crippen LogP contribution in [-0.4, -0.2) is 33.7 Å². The van der Waals surface area contributed by atoms with Gasteiger partial charge < -0.3 is 12.6 Å². The molecule has 0 aliphatic heterocycles. The molecule has 0 aromatic carbocycles. The van der Waals surface area contributed by atoms with E-state index in [1.54, 1.807) is 30.5 Å². The molecule has 0 spiro atoms. The SMILES string of the molecule is CS(Cc1ccc(C(F)(F)F)nc1)=NC#N.CSCc1ccc(C(F)(F)F)nc1.C[S-].FC(F)(F)c1ccc(CCl)cn1.[Na+]. The molecule has 0 aliphatic rings. The molecule has 0 aliphatic carbocycles. The minimum atomic E-state index is -4.41. The van der Waals surface area contributed by atoms with E-state index in [2.05, 4.69) is 31.9 Å². The van der Waals surface area contributed by atoms with Gasteiger partial charge in [0, 0.05) is 36.0 Å². The molecular formula is C25H24ClF9N5NaS3. The molecule has 1 atom stereocenters. The largest absolute Gasteiger partial charge is 1.00 e. The number of nitrogens with zero attached hydrogens (tertiary/aromatic N) is 5. The van der Waals surface area contributed by atoms with Crippen molar-refractivity contribution in [2.45, 2.75) is 35.9 Å². The van der Waals surface area contributed by atoms with Gasteiger partial charge in [0.05, 0.1) is 0 Å². The second-order valence-electron chi connectivity index (χ2n) is 7.65. The molecule has 0 N–H and O–H groups in total. The first kappa shape index (κ1) is 44.6. The monoisotopic (exact) mass is 719 g/mol. The molecule has 3 aromatic rings. The van der Waals surface area contributed by atoms with Crippen LogP contribution in [0.25, 0.3) is 0 Å². The Kier molecular flexibility index (Phi) is 22.3. The maximum atomic E-state index is 12.2. The predicted octanol–water partition coefficient (Wildman–Crippen LogP) is 5.48. The number of nitriles is 1. The fourth-order valence-corrected chi connectivity index (χ4v) is 4.06. The van der Waals surface area contributed by atoms with Gasteiger partial charge >= 0.3 is 48.1 Å². The normalized spacial score (nSPS) is 11.7. The first-order valence-corrected chi connectivity index (χ1v) is 15.8. The number of hydrogen-bond donors (Lipinski definition) is 0. The van der Waals surface area contributed by atoms with Crippen LogP contribution in [-0.2, 0) is 59.2 Å². The van der Waals surface area contributed by atoms with Crippen LogP contribution in [0.1, 0.15) is 33.8 Å². The molecule has 0 radical (unpaired) electrons. The van der Waals surface area contributed by atoms with E-state index in [-0.39, 0.29) is 35.4 Å². The standard InChI is InChI=1S/C9H8F3N3S.C8H8F3NS.C7H5ClF3N.CH4S.Na/c1-16(15-6-13)5-7-2-3-8(14-4-7)9(10,11)12;1-13-5-6-2-3-7(12-4-6)8(9,10)11;8-3-5-1-2-6(12-4-5)7(9,10)11;1-2;/h2-4H,5H2,1H3;2-4H,5H2,1H3;1-2,4H,3H2;2H,1H3;/q;;;;+1/p-1. The van der Waals surface area contributed by atoms with E-state index in [1.807, 2.05) is 6.26 Å². The quantitative estimate of drug-likeness (QED) is 0.114. The maximum Gasteiger partial charge on any atom is 1.00 e. The molecule has 0 amide bonds. The molecule has 3 aromatic heterocycles. The summed E-state index contributed by atoms with van der Waals surface area (Å²) in [5.74, 6) is 1.29. The van der Waals surface area contributed by atoms with Crippen LogP contribution in [0.5, 0.6) is 0 Å². The summed E-state index contributed by atoms with van der Waals surface area (Å²) in [4.78, 5) is 9.86. The molecule has 3 heterocycles. The first-order chi connectivity index (χ1) is 20.0. The van der Waals surface area contributed by atoms with E-state index < -0.39 is 46.3 Å². The molecule has 3 rings (SSSR count). The third-order valence-electron chi connectivity index (χ3n) is 4.38. The van der Waals surface area contributed by atoms with Crippen molar-refractivity contribution in [3.05, 3.63) is 88.8 Å². The van der Waals surface area contributed by atoms with E-state index in [9.17, 15) is 39.5 Å². The Balaban J connectivity index is 0. The third kappa shape index (κ3) is 18.4. The molecule has 19 heteroatoms. The van der Waals surface area contributed by atoms with Crippen molar-refractivity contribution in [2.24, 2.45) is 4.36 Å². The number of thioether (sulfide) groups is 1. The minimum absolute atomic E-state index is 0. The second kappa shape index (κ2) is 22.1. The second-order valence-corrected chi connectivity index (χ2v) is 10.5. The summed E-state index contributed by atoms with van der Waals surface area (Å²) < 4.78 is 112. The average molecular weight is 720 g/mol. The number of hydrogen-bond acceptors (Lipinski definition) is 7. The summed E-state index contributed by atoms with van der Waals surface area (Å²) >= 11 is 11.0. The summed E-state index contributed by atoms with van der Waals surface area (Å²) in [7, 11) is -0.506. The van der Waals surface area contributed by atoms with E-state index in [0.717, 1.165) is 30.0 Å². The number of aromatic nitrogens is 3. The summed E-state index contributed by atoms with van der Waals surface area (Å²) in [5, 5.41) is 8.29. The van der Waals surface area contributed by atoms with Gasteiger partial charge in [-0.25, -0.2) is 0 Å². The van der Waals surface area contributed by atoms with E-state index in [4.69, 9.17) is 16.9 Å². The molecule has 0 fully saturated rings. The number of rotatable bonds is 5. The van der Waals surface area contributed by atoms with Crippen molar-refractivity contribution in [3.63, 3.8) is 0 Å². The van der Waals surface area contributed by atoms with Crippen LogP contribution in [0.4, 0.5) is 39.5 Å². The zero-order valence-corrected chi connectivity index (χ0v) is 28.8. The van der Waals surface area contributed by atoms with Crippen LogP contribution >= 0.6 is 23.4 Å². The third-order valence-corrected chi connectivity index (χ3v) is 6.46. The molecule has 238 valence electrons. The Labute approximate surface area is 288 Å². The van der Waals surface area contributed by atoms with Gasteiger partial charge in [-0.15, -0.1) is 11.6 Å². The van der Waals surface area contributed by atoms with Gasteiger partial charge in [0.1, 0.15) is 17.1 Å². The Morgan fingerprint density at radius 2 is 1.14 bits per heavy atom. The van der Waals surface area contributed by atoms with Gasteiger partial charge in [-0.3, -0.25) is 15.0 Å². The zero-order valence-electron chi connectivity index (χ0n) is 23.6. The van der Waals surface area contributed by atoms with Crippen LogP contribution in [0.2, 0.25) is 0 Å². The summed E-state index contributed by atoms with van der Waals surface area (Å²) in [5.41, 5.74) is -0.624. The van der Waals surface area contributed by atoms with E-state index in [0.29, 0.717) is 22.6 Å². The predicted molar refractivity (Wildman–Crippen MR) is 153 cm³/mol. The van der Waals surface area contributed by atoms with Crippen molar-refractivity contribution in [1.82, 2.24) is 15.0 Å². The fraction of sp³-hybridized carbons (Fsp3) is 0.360. The first-order valence-electron chi connectivity index (χ1n) is 11.3. The van der Waals surface area contributed by atoms with Crippen molar-refractivity contribution in [2.75, 3.05) is 18.8 Å². The Morgan fingerprint density at radius 3 is 1.41 bits per heavy atom. The van der Waals surface area contributed by atoms with Crippen LogP contribution in [0.15, 0.2) is 59.4 Å². The molecule has 0 saturated heterocycles. The Morgan fingerprint density at radius 1 is 0.773 bits per heavy atom. The number of pyridine rings is 3. The fourth-order valence-electron chi connectivity index (χ4n) is 2.54. The van der Waals surface area contributed by atoms with E-state index in [1.165, 1.54) is 30.6 Å². The minimum Gasteiger partial charge on any atom is -0.796 e. The summed E-state index contributed by atoms with van der Waals surface area (Å²) in [6, 6.07) is 6.96. The van der Waals surface area contributed by atoms with Crippen molar-refractivity contribution in [1.29, 1.82) is 5.26 Å². The van der Waals surface area contributed by atoms with E-state index >= 15 is 0 Å². The van der Waals surface area contributed by atoms with Crippen molar-refractivity contribution < 1.29 is 69.1 Å². The van der Waals surface area contributed by atoms with Crippen molar-refractivity contribution >= 4 is 46.7 Å². The molecule has 44 heavy (non-hydrogen) atoms. The van der Waals surface area contributed by atoms with Gasteiger partial charge in [-0.1, -0.05) is 28.9 Å². The summed E-state index contributed by atoms with van der Waals surface area (Å²) in [6.45, 7) is 0. The smallest absolute Gasteiger partial charge is 0.796 e. The zero-order chi connectivity index (χ0) is 33.3. The topological polar surface area (TPSA) is 74.8 Å². The van der Waals surface area contributed by atoms with Crippen LogP contribution < -0.4 is 29.6 Å². The molecule has 0 bridgehead atoms. The molecule has 1 unspecified atom stereocenters.